The number of carbonyl (C=O) groups excluding carboxylic acids is 2. The van der Waals surface area contributed by atoms with E-state index in [4.69, 9.17) is 5.11 Å². The molecule has 0 aliphatic carbocycles. The van der Waals surface area contributed by atoms with Crippen LogP contribution in [0.4, 0.5) is 4.79 Å². The maximum atomic E-state index is 11.5. The number of carbonyl (C=O) groups is 3. The fraction of sp³-hybridized carbons (Fsp3) is 0.750. The number of nitrogens with one attached hydrogen (secondary N) is 2. The first-order valence-electron chi connectivity index (χ1n) is 6.37. The van der Waals surface area contributed by atoms with Crippen LogP contribution in [-0.4, -0.2) is 54.1 Å². The molecule has 0 spiro atoms. The molecule has 7 nitrogen and oxygen atoms in total. The van der Waals surface area contributed by atoms with E-state index in [1.54, 1.807) is 6.92 Å². The SMILES string of the molecule is CCN(CC(=O)O)CC(=O)NC(=O)NCCC(C)C. The van der Waals surface area contributed by atoms with Crippen LogP contribution in [0.25, 0.3) is 0 Å². The smallest absolute Gasteiger partial charge is 0.321 e. The number of carboxylic acids is 1. The molecule has 0 aromatic carbocycles. The highest BCUT2D eigenvalue weighted by molar-refractivity contribution is 5.95. The summed E-state index contributed by atoms with van der Waals surface area (Å²) in [6.07, 6.45) is 0.835. The second kappa shape index (κ2) is 9.32. The fourth-order valence-electron chi connectivity index (χ4n) is 1.36. The van der Waals surface area contributed by atoms with Crippen LogP contribution < -0.4 is 10.6 Å². The topological polar surface area (TPSA) is 98.7 Å². The van der Waals surface area contributed by atoms with Crippen molar-refractivity contribution in [3.05, 3.63) is 0 Å². The van der Waals surface area contributed by atoms with E-state index in [1.807, 2.05) is 13.8 Å². The molecule has 0 fully saturated rings. The second-order valence-electron chi connectivity index (χ2n) is 4.68. The van der Waals surface area contributed by atoms with Crippen molar-refractivity contribution in [2.24, 2.45) is 5.92 Å². The van der Waals surface area contributed by atoms with Crippen molar-refractivity contribution in [3.8, 4) is 0 Å². The Labute approximate surface area is 113 Å². The van der Waals surface area contributed by atoms with E-state index in [2.05, 4.69) is 10.6 Å². The van der Waals surface area contributed by atoms with Crippen molar-refractivity contribution < 1.29 is 19.5 Å². The fourth-order valence-corrected chi connectivity index (χ4v) is 1.36. The third-order valence-corrected chi connectivity index (χ3v) is 2.43. The lowest BCUT2D eigenvalue weighted by atomic mass is 10.1. The molecule has 19 heavy (non-hydrogen) atoms. The molecule has 0 aromatic heterocycles. The molecule has 0 heterocycles. The molecule has 0 aliphatic heterocycles. The summed E-state index contributed by atoms with van der Waals surface area (Å²) in [5, 5.41) is 13.4. The number of amides is 3. The van der Waals surface area contributed by atoms with Crippen LogP contribution in [0.15, 0.2) is 0 Å². The number of rotatable bonds is 8. The van der Waals surface area contributed by atoms with Gasteiger partial charge in [-0.15, -0.1) is 0 Å². The van der Waals surface area contributed by atoms with Gasteiger partial charge in [-0.05, 0) is 18.9 Å². The first kappa shape index (κ1) is 17.4. The van der Waals surface area contributed by atoms with Crippen LogP contribution >= 0.6 is 0 Å². The molecule has 3 amide bonds. The Kier molecular flexibility index (Phi) is 8.52. The van der Waals surface area contributed by atoms with Crippen LogP contribution in [-0.2, 0) is 9.59 Å². The molecule has 0 atom stereocenters. The monoisotopic (exact) mass is 273 g/mol. The van der Waals surface area contributed by atoms with Gasteiger partial charge >= 0.3 is 12.0 Å². The summed E-state index contributed by atoms with van der Waals surface area (Å²) < 4.78 is 0. The lowest BCUT2D eigenvalue weighted by Gasteiger charge is -2.17. The van der Waals surface area contributed by atoms with Gasteiger partial charge in [-0.1, -0.05) is 20.8 Å². The standard InChI is InChI=1S/C12H23N3O4/c1-4-15(8-11(17)18)7-10(16)14-12(19)13-6-5-9(2)3/h9H,4-8H2,1-3H3,(H,17,18)(H2,13,14,16,19). The van der Waals surface area contributed by atoms with Crippen molar-refractivity contribution in [1.82, 2.24) is 15.5 Å². The average molecular weight is 273 g/mol. The minimum absolute atomic E-state index is 0.111. The van der Waals surface area contributed by atoms with Gasteiger partial charge in [0.25, 0.3) is 0 Å². The van der Waals surface area contributed by atoms with E-state index >= 15 is 0 Å². The van der Waals surface area contributed by atoms with E-state index in [9.17, 15) is 14.4 Å². The first-order chi connectivity index (χ1) is 8.85. The zero-order chi connectivity index (χ0) is 14.8. The Morgan fingerprint density at radius 1 is 1.21 bits per heavy atom. The minimum atomic E-state index is -1.00. The quantitative estimate of drug-likeness (QED) is 0.589. The molecular weight excluding hydrogens is 250 g/mol. The Balaban J connectivity index is 3.94. The molecule has 0 unspecified atom stereocenters. The molecule has 0 saturated carbocycles. The first-order valence-corrected chi connectivity index (χ1v) is 6.37. The summed E-state index contributed by atoms with van der Waals surface area (Å²) >= 11 is 0. The number of urea groups is 1. The van der Waals surface area contributed by atoms with Crippen LogP contribution in [0, 0.1) is 5.92 Å². The Morgan fingerprint density at radius 3 is 2.32 bits per heavy atom. The summed E-state index contributed by atoms with van der Waals surface area (Å²) in [5.74, 6) is -1.04. The number of likely N-dealkylation sites (N-methyl/N-ethyl adjacent to an activating group) is 1. The normalized spacial score (nSPS) is 10.6. The van der Waals surface area contributed by atoms with Gasteiger partial charge in [0.2, 0.25) is 5.91 Å². The number of carboxylic acid groups (broad SMARTS) is 1. The predicted octanol–water partition coefficient (Wildman–Crippen LogP) is 0.265. The van der Waals surface area contributed by atoms with Gasteiger partial charge in [0.15, 0.2) is 0 Å². The molecular formula is C12H23N3O4. The summed E-state index contributed by atoms with van der Waals surface area (Å²) in [6, 6.07) is -0.544. The lowest BCUT2D eigenvalue weighted by Crippen LogP contribution is -2.45. The number of hydrogen-bond acceptors (Lipinski definition) is 4. The maximum absolute atomic E-state index is 11.5. The average Bonchev–Trinajstić information content (AvgIpc) is 2.26. The summed E-state index contributed by atoms with van der Waals surface area (Å²) in [7, 11) is 0. The van der Waals surface area contributed by atoms with Crippen molar-refractivity contribution in [2.45, 2.75) is 27.2 Å². The van der Waals surface area contributed by atoms with E-state index in [-0.39, 0.29) is 13.1 Å². The van der Waals surface area contributed by atoms with Gasteiger partial charge in [-0.2, -0.15) is 0 Å². The van der Waals surface area contributed by atoms with Crippen molar-refractivity contribution in [3.63, 3.8) is 0 Å². The molecule has 110 valence electrons. The second-order valence-corrected chi connectivity index (χ2v) is 4.68. The van der Waals surface area contributed by atoms with Crippen LogP contribution in [0.5, 0.6) is 0 Å². The Bertz CT molecular complexity index is 318. The molecule has 0 aliphatic rings. The zero-order valence-corrected chi connectivity index (χ0v) is 11.7. The Hall–Kier alpha value is -1.63. The van der Waals surface area contributed by atoms with Gasteiger partial charge in [0, 0.05) is 6.54 Å². The van der Waals surface area contributed by atoms with E-state index in [0.29, 0.717) is 19.0 Å². The summed E-state index contributed by atoms with van der Waals surface area (Å²) in [5.41, 5.74) is 0. The molecule has 0 aromatic rings. The maximum Gasteiger partial charge on any atom is 0.321 e. The highest BCUT2D eigenvalue weighted by Crippen LogP contribution is 1.95. The molecule has 0 saturated heterocycles. The summed E-state index contributed by atoms with van der Waals surface area (Å²) in [6.45, 7) is 6.42. The molecule has 0 bridgehead atoms. The van der Waals surface area contributed by atoms with E-state index in [1.165, 1.54) is 4.90 Å². The van der Waals surface area contributed by atoms with Gasteiger partial charge in [-0.3, -0.25) is 19.8 Å². The zero-order valence-electron chi connectivity index (χ0n) is 11.7. The van der Waals surface area contributed by atoms with Gasteiger partial charge in [0.1, 0.15) is 0 Å². The van der Waals surface area contributed by atoms with Crippen molar-refractivity contribution in [2.75, 3.05) is 26.2 Å². The third-order valence-electron chi connectivity index (χ3n) is 2.43. The molecule has 3 N–H and O–H groups in total. The number of aliphatic carboxylic acids is 1. The van der Waals surface area contributed by atoms with Crippen LogP contribution in [0.3, 0.4) is 0 Å². The third kappa shape index (κ3) is 10.0. The van der Waals surface area contributed by atoms with Gasteiger partial charge in [0.05, 0.1) is 13.1 Å². The van der Waals surface area contributed by atoms with Gasteiger partial charge < -0.3 is 10.4 Å². The molecule has 7 heteroatoms. The molecule has 0 radical (unpaired) electrons. The van der Waals surface area contributed by atoms with E-state index in [0.717, 1.165) is 6.42 Å². The predicted molar refractivity (Wildman–Crippen MR) is 70.7 cm³/mol. The lowest BCUT2D eigenvalue weighted by molar-refractivity contribution is -0.138. The molecule has 0 rings (SSSR count). The van der Waals surface area contributed by atoms with Crippen molar-refractivity contribution in [1.29, 1.82) is 0 Å². The highest BCUT2D eigenvalue weighted by atomic mass is 16.4. The van der Waals surface area contributed by atoms with E-state index < -0.39 is 17.9 Å². The number of imide groups is 1. The minimum Gasteiger partial charge on any atom is -0.480 e. The number of hydrogen-bond donors (Lipinski definition) is 3. The highest BCUT2D eigenvalue weighted by Gasteiger charge is 2.14. The summed E-state index contributed by atoms with van der Waals surface area (Å²) in [4.78, 5) is 34.8. The van der Waals surface area contributed by atoms with Crippen LogP contribution in [0.2, 0.25) is 0 Å². The number of nitrogens with zero attached hydrogens (tertiary/aromatic N) is 1. The Morgan fingerprint density at radius 2 is 1.84 bits per heavy atom. The van der Waals surface area contributed by atoms with Crippen molar-refractivity contribution >= 4 is 17.9 Å². The van der Waals surface area contributed by atoms with Crippen LogP contribution in [0.1, 0.15) is 27.2 Å². The largest absolute Gasteiger partial charge is 0.480 e. The van der Waals surface area contributed by atoms with Gasteiger partial charge in [-0.25, -0.2) is 4.79 Å².